The minimum Gasteiger partial charge on any atom is -0.364 e. The predicted molar refractivity (Wildman–Crippen MR) is 91.3 cm³/mol. The molecule has 3 rings (SSSR count). The van der Waals surface area contributed by atoms with Crippen molar-refractivity contribution in [2.24, 2.45) is 11.7 Å². The lowest BCUT2D eigenvalue weighted by molar-refractivity contribution is -0.145. The van der Waals surface area contributed by atoms with E-state index < -0.39 is 0 Å². The molecular formula is C18H31N3O3. The molecule has 0 aromatic rings. The first-order valence-corrected chi connectivity index (χ1v) is 9.62. The number of hydrogen-bond acceptors (Lipinski definition) is 4. The highest BCUT2D eigenvalue weighted by molar-refractivity contribution is 5.82. The molecular weight excluding hydrogens is 306 g/mol. The Labute approximate surface area is 144 Å². The number of likely N-dealkylation sites (tertiary alicyclic amines) is 1. The number of hydrogen-bond donors (Lipinski definition) is 2. The third-order valence-corrected chi connectivity index (χ3v) is 5.77. The second kappa shape index (κ2) is 8.30. The Morgan fingerprint density at radius 1 is 1.00 bits per heavy atom. The fourth-order valence-electron chi connectivity index (χ4n) is 4.19. The third kappa shape index (κ3) is 4.28. The minimum absolute atomic E-state index is 0.0257. The molecule has 2 saturated heterocycles. The van der Waals surface area contributed by atoms with Gasteiger partial charge in [0.25, 0.3) is 5.91 Å². The first kappa shape index (κ1) is 17.7. The Balaban J connectivity index is 1.41. The van der Waals surface area contributed by atoms with E-state index in [2.05, 4.69) is 5.32 Å². The molecule has 3 fully saturated rings. The van der Waals surface area contributed by atoms with Crippen LogP contribution >= 0.6 is 0 Å². The molecule has 1 aliphatic carbocycles. The van der Waals surface area contributed by atoms with E-state index >= 15 is 0 Å². The molecule has 2 heterocycles. The van der Waals surface area contributed by atoms with Gasteiger partial charge >= 0.3 is 0 Å². The molecule has 2 amide bonds. The Bertz CT molecular complexity index is 443. The van der Waals surface area contributed by atoms with Crippen LogP contribution in [-0.4, -0.2) is 54.6 Å². The lowest BCUT2D eigenvalue weighted by Crippen LogP contribution is -2.48. The van der Waals surface area contributed by atoms with Crippen LogP contribution in [0.5, 0.6) is 0 Å². The lowest BCUT2D eigenvalue weighted by Gasteiger charge is -2.34. The fourth-order valence-corrected chi connectivity index (χ4v) is 4.19. The largest absolute Gasteiger partial charge is 0.364 e. The van der Waals surface area contributed by atoms with Crippen molar-refractivity contribution in [1.82, 2.24) is 10.2 Å². The van der Waals surface area contributed by atoms with E-state index in [0.717, 1.165) is 38.5 Å². The number of nitrogens with two attached hydrogens (primary N) is 1. The van der Waals surface area contributed by atoms with Crippen LogP contribution in [0, 0.1) is 5.92 Å². The molecule has 3 N–H and O–H groups in total. The maximum atomic E-state index is 12.5. The van der Waals surface area contributed by atoms with Gasteiger partial charge in [0.05, 0.1) is 6.10 Å². The summed E-state index contributed by atoms with van der Waals surface area (Å²) in [5, 5.41) is 3.22. The van der Waals surface area contributed by atoms with Crippen molar-refractivity contribution in [3.63, 3.8) is 0 Å². The van der Waals surface area contributed by atoms with E-state index in [1.807, 2.05) is 4.90 Å². The van der Waals surface area contributed by atoms with Gasteiger partial charge in [-0.1, -0.05) is 19.3 Å². The van der Waals surface area contributed by atoms with E-state index in [0.29, 0.717) is 25.7 Å². The van der Waals surface area contributed by atoms with E-state index in [-0.39, 0.29) is 29.9 Å². The summed E-state index contributed by atoms with van der Waals surface area (Å²) in [5.41, 5.74) is 5.61. The van der Waals surface area contributed by atoms with Gasteiger partial charge in [-0.05, 0) is 38.5 Å². The Morgan fingerprint density at radius 2 is 1.71 bits per heavy atom. The number of carbonyl (C=O) groups excluding carboxylic acids is 2. The number of carbonyl (C=O) groups is 2. The molecule has 1 saturated carbocycles. The van der Waals surface area contributed by atoms with Gasteiger partial charge in [-0.2, -0.15) is 0 Å². The smallest absolute Gasteiger partial charge is 0.251 e. The summed E-state index contributed by atoms with van der Waals surface area (Å²) >= 11 is 0. The van der Waals surface area contributed by atoms with Crippen molar-refractivity contribution in [3.05, 3.63) is 0 Å². The third-order valence-electron chi connectivity index (χ3n) is 5.77. The Kier molecular flexibility index (Phi) is 6.11. The number of rotatable bonds is 4. The highest BCUT2D eigenvalue weighted by Gasteiger charge is 2.35. The second-order valence-corrected chi connectivity index (χ2v) is 7.50. The first-order valence-electron chi connectivity index (χ1n) is 9.62. The van der Waals surface area contributed by atoms with Crippen LogP contribution in [-0.2, 0) is 14.3 Å². The highest BCUT2D eigenvalue weighted by Crippen LogP contribution is 2.25. The topological polar surface area (TPSA) is 84.7 Å². The van der Waals surface area contributed by atoms with Crippen molar-refractivity contribution in [2.75, 3.05) is 19.6 Å². The van der Waals surface area contributed by atoms with E-state index in [1.54, 1.807) is 0 Å². The summed E-state index contributed by atoms with van der Waals surface area (Å²) < 4.78 is 5.70. The highest BCUT2D eigenvalue weighted by atomic mass is 16.5. The van der Waals surface area contributed by atoms with Crippen LogP contribution in [0.3, 0.4) is 0 Å². The van der Waals surface area contributed by atoms with Gasteiger partial charge in [0.2, 0.25) is 5.91 Å². The molecule has 0 aromatic carbocycles. The number of nitrogens with zero attached hydrogens (tertiary/aromatic N) is 1. The molecule has 6 nitrogen and oxygen atoms in total. The summed E-state index contributed by atoms with van der Waals surface area (Å²) in [5.74, 6) is 0.323. The zero-order valence-electron chi connectivity index (χ0n) is 14.5. The first-order chi connectivity index (χ1) is 11.7. The van der Waals surface area contributed by atoms with Gasteiger partial charge in [-0.15, -0.1) is 0 Å². The molecule has 0 aromatic heterocycles. The maximum absolute atomic E-state index is 12.5. The fraction of sp³-hybridized carbons (Fsp3) is 0.889. The molecule has 0 radical (unpaired) electrons. The maximum Gasteiger partial charge on any atom is 0.251 e. The van der Waals surface area contributed by atoms with E-state index in [9.17, 15) is 9.59 Å². The molecule has 24 heavy (non-hydrogen) atoms. The van der Waals surface area contributed by atoms with E-state index in [4.69, 9.17) is 10.5 Å². The van der Waals surface area contributed by atoms with Gasteiger partial charge in [0.1, 0.15) is 6.10 Å². The zero-order valence-corrected chi connectivity index (χ0v) is 14.5. The molecule has 3 aliphatic rings. The Hall–Kier alpha value is -1.14. The van der Waals surface area contributed by atoms with Crippen molar-refractivity contribution in [3.8, 4) is 0 Å². The summed E-state index contributed by atoms with van der Waals surface area (Å²) in [6.07, 6.45) is 8.83. The molecule has 2 atom stereocenters. The van der Waals surface area contributed by atoms with E-state index in [1.165, 1.54) is 19.3 Å². The number of amides is 2. The van der Waals surface area contributed by atoms with Crippen LogP contribution in [0.4, 0.5) is 0 Å². The lowest BCUT2D eigenvalue weighted by atomic mass is 9.92. The van der Waals surface area contributed by atoms with Gasteiger partial charge in [-0.25, -0.2) is 0 Å². The standard InChI is InChI=1S/C18H31N3O3/c19-12-15-6-7-16(24-15)18(23)21-10-8-13(9-11-21)17(22)20-14-4-2-1-3-5-14/h13-16H,1-12,19H2,(H,20,22)/t15-,16+/m1/s1. The van der Waals surface area contributed by atoms with Crippen molar-refractivity contribution >= 4 is 11.8 Å². The molecule has 0 spiro atoms. The van der Waals surface area contributed by atoms with Gasteiger partial charge in [0, 0.05) is 31.6 Å². The van der Waals surface area contributed by atoms with Crippen LogP contribution in [0.25, 0.3) is 0 Å². The predicted octanol–water partition coefficient (Wildman–Crippen LogP) is 1.18. The Morgan fingerprint density at radius 3 is 2.33 bits per heavy atom. The number of piperidine rings is 1. The van der Waals surface area contributed by atoms with Crippen molar-refractivity contribution in [2.45, 2.75) is 76.0 Å². The summed E-state index contributed by atoms with van der Waals surface area (Å²) in [6.45, 7) is 1.80. The summed E-state index contributed by atoms with van der Waals surface area (Å²) in [6, 6.07) is 0.367. The van der Waals surface area contributed by atoms with Crippen LogP contribution in [0.2, 0.25) is 0 Å². The van der Waals surface area contributed by atoms with Crippen molar-refractivity contribution in [1.29, 1.82) is 0 Å². The van der Waals surface area contributed by atoms with Crippen molar-refractivity contribution < 1.29 is 14.3 Å². The minimum atomic E-state index is -0.328. The zero-order chi connectivity index (χ0) is 16.9. The van der Waals surface area contributed by atoms with Crippen LogP contribution in [0.15, 0.2) is 0 Å². The average molecular weight is 337 g/mol. The normalized spacial score (nSPS) is 29.6. The quantitative estimate of drug-likeness (QED) is 0.807. The average Bonchev–Trinajstić information content (AvgIpc) is 3.11. The number of nitrogens with one attached hydrogen (secondary N) is 1. The summed E-state index contributed by atoms with van der Waals surface area (Å²) in [4.78, 5) is 26.8. The number of ether oxygens (including phenoxy) is 1. The van der Waals surface area contributed by atoms with Gasteiger partial charge < -0.3 is 20.7 Å². The molecule has 136 valence electrons. The van der Waals surface area contributed by atoms with Crippen LogP contribution in [0.1, 0.15) is 57.8 Å². The molecule has 0 unspecified atom stereocenters. The second-order valence-electron chi connectivity index (χ2n) is 7.50. The van der Waals surface area contributed by atoms with Gasteiger partial charge in [0.15, 0.2) is 0 Å². The molecule has 6 heteroatoms. The monoisotopic (exact) mass is 337 g/mol. The molecule has 2 aliphatic heterocycles. The SMILES string of the molecule is NC[C@H]1CC[C@@H](C(=O)N2CCC(C(=O)NC3CCCCC3)CC2)O1. The molecule has 0 bridgehead atoms. The van der Waals surface area contributed by atoms with Gasteiger partial charge in [-0.3, -0.25) is 9.59 Å². The van der Waals surface area contributed by atoms with Crippen LogP contribution < -0.4 is 11.1 Å². The summed E-state index contributed by atoms with van der Waals surface area (Å²) in [7, 11) is 0.